The van der Waals surface area contributed by atoms with Crippen molar-refractivity contribution in [1.29, 1.82) is 0 Å². The fraction of sp³-hybridized carbons (Fsp3) is 0.269. The van der Waals surface area contributed by atoms with Gasteiger partial charge >= 0.3 is 6.18 Å². The van der Waals surface area contributed by atoms with Crippen molar-refractivity contribution < 1.29 is 18.0 Å². The van der Waals surface area contributed by atoms with E-state index in [-0.39, 0.29) is 11.9 Å². The Hall–Kier alpha value is -3.68. The molecule has 3 aromatic rings. The number of halogens is 3. The van der Waals surface area contributed by atoms with E-state index >= 15 is 0 Å². The number of nitrogens with one attached hydrogen (secondary N) is 2. The highest BCUT2D eigenvalue weighted by molar-refractivity contribution is 5.94. The zero-order chi connectivity index (χ0) is 24.1. The molecule has 0 atom stereocenters. The minimum Gasteiger partial charge on any atom is -0.349 e. The van der Waals surface area contributed by atoms with Gasteiger partial charge in [-0.1, -0.05) is 17.7 Å². The van der Waals surface area contributed by atoms with Crippen molar-refractivity contribution in [2.45, 2.75) is 44.8 Å². The highest BCUT2D eigenvalue weighted by atomic mass is 19.4. The minimum atomic E-state index is -4.41. The van der Waals surface area contributed by atoms with Crippen LogP contribution in [-0.4, -0.2) is 21.9 Å². The van der Waals surface area contributed by atoms with Gasteiger partial charge in [0.1, 0.15) is 5.82 Å². The van der Waals surface area contributed by atoms with Crippen LogP contribution in [0.4, 0.5) is 24.7 Å². The van der Waals surface area contributed by atoms with Crippen LogP contribution in [0.15, 0.2) is 72.7 Å². The van der Waals surface area contributed by atoms with Crippen LogP contribution in [0.2, 0.25) is 0 Å². The molecule has 1 aromatic carbocycles. The fourth-order valence-corrected chi connectivity index (χ4v) is 4.07. The van der Waals surface area contributed by atoms with Gasteiger partial charge in [-0.25, -0.2) is 4.98 Å². The summed E-state index contributed by atoms with van der Waals surface area (Å²) in [5.41, 5.74) is 4.11. The average molecular weight is 467 g/mol. The predicted molar refractivity (Wildman–Crippen MR) is 126 cm³/mol. The lowest BCUT2D eigenvalue weighted by Gasteiger charge is -2.26. The molecule has 0 unspecified atom stereocenters. The van der Waals surface area contributed by atoms with Crippen LogP contribution in [0.3, 0.4) is 0 Å². The largest absolute Gasteiger partial charge is 0.417 e. The molecule has 0 saturated heterocycles. The molecule has 0 aliphatic heterocycles. The second-order valence-electron chi connectivity index (χ2n) is 8.35. The van der Waals surface area contributed by atoms with E-state index in [1.165, 1.54) is 17.2 Å². The molecule has 1 aliphatic rings. The number of pyridine rings is 2. The van der Waals surface area contributed by atoms with Gasteiger partial charge in [-0.05, 0) is 80.1 Å². The summed E-state index contributed by atoms with van der Waals surface area (Å²) < 4.78 is 38.2. The lowest BCUT2D eigenvalue weighted by molar-refractivity contribution is -0.137. The number of rotatable bonds is 5. The van der Waals surface area contributed by atoms with Gasteiger partial charge in [0.05, 0.1) is 11.1 Å². The number of nitrogens with zero attached hydrogens (tertiary/aromatic N) is 2. The summed E-state index contributed by atoms with van der Waals surface area (Å²) >= 11 is 0. The third-order valence-electron chi connectivity index (χ3n) is 6.04. The second kappa shape index (κ2) is 10.1. The van der Waals surface area contributed by atoms with Crippen molar-refractivity contribution in [1.82, 2.24) is 15.3 Å². The van der Waals surface area contributed by atoms with Crippen molar-refractivity contribution in [3.63, 3.8) is 0 Å². The van der Waals surface area contributed by atoms with Crippen molar-refractivity contribution in [2.75, 3.05) is 5.32 Å². The molecular weight excluding hydrogens is 441 g/mol. The summed E-state index contributed by atoms with van der Waals surface area (Å²) in [6.45, 7) is 2.08. The van der Waals surface area contributed by atoms with Crippen LogP contribution in [0.5, 0.6) is 0 Å². The zero-order valence-corrected chi connectivity index (χ0v) is 18.7. The maximum Gasteiger partial charge on any atom is 0.417 e. The van der Waals surface area contributed by atoms with Gasteiger partial charge < -0.3 is 10.6 Å². The van der Waals surface area contributed by atoms with Gasteiger partial charge in [0.25, 0.3) is 5.91 Å². The van der Waals surface area contributed by atoms with E-state index in [2.05, 4.69) is 27.5 Å². The van der Waals surface area contributed by atoms with Crippen LogP contribution in [0, 0.1) is 0 Å². The molecule has 5 nitrogen and oxygen atoms in total. The number of carbonyl (C=O) groups excluding carboxylic acids is 1. The first kappa shape index (κ1) is 23.5. The second-order valence-corrected chi connectivity index (χ2v) is 8.35. The van der Waals surface area contributed by atoms with Gasteiger partial charge in [0.2, 0.25) is 0 Å². The molecule has 1 saturated carbocycles. The number of carbonyl (C=O) groups is 1. The summed E-state index contributed by atoms with van der Waals surface area (Å²) in [6, 6.07) is 13.7. The summed E-state index contributed by atoms with van der Waals surface area (Å²) in [4.78, 5) is 20.2. The first-order valence-electron chi connectivity index (χ1n) is 11.1. The first-order chi connectivity index (χ1) is 16.3. The Morgan fingerprint density at radius 1 is 1.00 bits per heavy atom. The van der Waals surface area contributed by atoms with E-state index < -0.39 is 11.7 Å². The molecule has 8 heteroatoms. The molecule has 0 radical (unpaired) electrons. The summed E-state index contributed by atoms with van der Waals surface area (Å²) in [7, 11) is 0. The van der Waals surface area contributed by atoms with Crippen molar-refractivity contribution in [2.24, 2.45) is 0 Å². The Morgan fingerprint density at radius 2 is 1.76 bits per heavy atom. The molecule has 1 fully saturated rings. The predicted octanol–water partition coefficient (Wildman–Crippen LogP) is 6.39. The lowest BCUT2D eigenvalue weighted by atomic mass is 9.86. The van der Waals surface area contributed by atoms with Crippen LogP contribution in [-0.2, 0) is 6.18 Å². The summed E-state index contributed by atoms with van der Waals surface area (Å²) in [5.74, 6) is 0.248. The summed E-state index contributed by atoms with van der Waals surface area (Å²) in [5, 5.41) is 6.17. The number of aromatic nitrogens is 2. The molecule has 34 heavy (non-hydrogen) atoms. The Balaban J connectivity index is 1.38. The van der Waals surface area contributed by atoms with E-state index in [0.29, 0.717) is 11.4 Å². The van der Waals surface area contributed by atoms with Crippen LogP contribution in [0.25, 0.3) is 5.57 Å². The van der Waals surface area contributed by atoms with Crippen LogP contribution in [0.1, 0.15) is 54.1 Å². The number of alkyl halides is 3. The number of hydrogen-bond donors (Lipinski definition) is 2. The SMILES string of the molecule is CC(=C1CCC(NC(=O)c2cccnc2)CC1)c1cccc(Nc2ccc(C(F)(F)F)cn2)c1. The third kappa shape index (κ3) is 5.81. The Labute approximate surface area is 196 Å². The molecule has 2 N–H and O–H groups in total. The molecule has 0 spiro atoms. The quantitative estimate of drug-likeness (QED) is 0.458. The van der Waals surface area contributed by atoms with Crippen molar-refractivity contribution >= 4 is 23.0 Å². The molecule has 1 aliphatic carbocycles. The molecule has 2 aromatic heterocycles. The molecule has 0 bridgehead atoms. The Bertz CT molecular complexity index is 1160. The highest BCUT2D eigenvalue weighted by Gasteiger charge is 2.30. The van der Waals surface area contributed by atoms with Gasteiger partial charge in [-0.15, -0.1) is 0 Å². The zero-order valence-electron chi connectivity index (χ0n) is 18.7. The maximum absolute atomic E-state index is 12.7. The number of anilines is 2. The van der Waals surface area contributed by atoms with Gasteiger partial charge in [-0.2, -0.15) is 13.2 Å². The van der Waals surface area contributed by atoms with E-state index in [4.69, 9.17) is 0 Å². The van der Waals surface area contributed by atoms with Gasteiger partial charge in [0, 0.05) is 30.3 Å². The van der Waals surface area contributed by atoms with E-state index in [0.717, 1.165) is 49.2 Å². The molecule has 4 rings (SSSR count). The molecular formula is C26H25F3N4O. The third-order valence-corrected chi connectivity index (χ3v) is 6.04. The van der Waals surface area contributed by atoms with Gasteiger partial charge in [-0.3, -0.25) is 9.78 Å². The Kier molecular flexibility index (Phi) is 6.95. The first-order valence-corrected chi connectivity index (χ1v) is 11.1. The van der Waals surface area contributed by atoms with Crippen LogP contribution >= 0.6 is 0 Å². The monoisotopic (exact) mass is 466 g/mol. The smallest absolute Gasteiger partial charge is 0.349 e. The average Bonchev–Trinajstić information content (AvgIpc) is 2.84. The number of amides is 1. The highest BCUT2D eigenvalue weighted by Crippen LogP contribution is 2.32. The standard InChI is InChI=1S/C26H25F3N4O/c1-17(18-7-10-22(11-8-18)33-25(34)20-5-3-13-30-15-20)19-4-2-6-23(14-19)32-24-12-9-21(16-31-24)26(27,28)29/h2-6,9,12-16,22H,7-8,10-11H2,1H3,(H,31,32)(H,33,34). The normalized spacial score (nSPS) is 16.1. The number of allylic oxidation sites excluding steroid dienone is 2. The van der Waals surface area contributed by atoms with E-state index in [1.807, 2.05) is 24.3 Å². The summed E-state index contributed by atoms with van der Waals surface area (Å²) in [6.07, 6.45) is 3.14. The topological polar surface area (TPSA) is 66.9 Å². The minimum absolute atomic E-state index is 0.0992. The van der Waals surface area contributed by atoms with Crippen molar-refractivity contribution in [3.8, 4) is 0 Å². The molecule has 2 heterocycles. The fourth-order valence-electron chi connectivity index (χ4n) is 4.07. The maximum atomic E-state index is 12.7. The van der Waals surface area contributed by atoms with E-state index in [1.54, 1.807) is 24.5 Å². The van der Waals surface area contributed by atoms with Crippen LogP contribution < -0.4 is 10.6 Å². The van der Waals surface area contributed by atoms with E-state index in [9.17, 15) is 18.0 Å². The molecule has 176 valence electrons. The lowest BCUT2D eigenvalue weighted by Crippen LogP contribution is -2.36. The number of hydrogen-bond acceptors (Lipinski definition) is 4. The Morgan fingerprint density at radius 3 is 2.41 bits per heavy atom. The van der Waals surface area contributed by atoms with Gasteiger partial charge in [0.15, 0.2) is 0 Å². The van der Waals surface area contributed by atoms with Crippen molar-refractivity contribution in [3.05, 3.63) is 89.4 Å². The number of benzene rings is 1. The molecule has 1 amide bonds.